The van der Waals surface area contributed by atoms with Crippen molar-refractivity contribution >= 4 is 44.6 Å². The predicted octanol–water partition coefficient (Wildman–Crippen LogP) is 19.2. The van der Waals surface area contributed by atoms with Gasteiger partial charge >= 0.3 is 0 Å². The van der Waals surface area contributed by atoms with Crippen molar-refractivity contribution in [2.75, 3.05) is 9.80 Å². The van der Waals surface area contributed by atoms with E-state index in [2.05, 4.69) is 130 Å². The van der Waals surface area contributed by atoms with Crippen molar-refractivity contribution in [3.63, 3.8) is 0 Å². The fourth-order valence-corrected chi connectivity index (χ4v) is 9.79. The molecule has 11 rings (SSSR count). The molecule has 3 heterocycles. The number of pyridine rings is 1. The summed E-state index contributed by atoms with van der Waals surface area (Å²) in [5.74, 6) is 1.41. The van der Waals surface area contributed by atoms with Gasteiger partial charge in [0.05, 0.1) is 13.7 Å². The van der Waals surface area contributed by atoms with Crippen LogP contribution in [-0.2, 0) is 42.7 Å². The molecule has 6 heteroatoms. The zero-order valence-corrected chi connectivity index (χ0v) is 47.4. The summed E-state index contributed by atoms with van der Waals surface area (Å²) in [6.45, 7) is 28.0. The van der Waals surface area contributed by atoms with Gasteiger partial charge in [0.1, 0.15) is 5.82 Å². The third-order valence-corrected chi connectivity index (χ3v) is 14.1. The van der Waals surface area contributed by atoms with Crippen LogP contribution in [0.2, 0.25) is 0 Å². The summed E-state index contributed by atoms with van der Waals surface area (Å²) in [4.78, 5) is 8.96. The predicted molar refractivity (Wildman–Crippen MR) is 315 cm³/mol. The van der Waals surface area contributed by atoms with Crippen LogP contribution in [0.25, 0.3) is 61.0 Å². The Morgan fingerprint density at radius 2 is 1.07 bits per heavy atom. The van der Waals surface area contributed by atoms with Gasteiger partial charge in [0.15, 0.2) is 0 Å². The second-order valence-corrected chi connectivity index (χ2v) is 23.6. The molecule has 0 radical (unpaired) electrons. The number of benzene rings is 8. The Kier molecular flexibility index (Phi) is 10.7. The van der Waals surface area contributed by atoms with Crippen molar-refractivity contribution in [1.29, 1.82) is 0 Å². The molecule has 1 aliphatic heterocycles. The number of hydrogen-bond acceptors (Lipinski definition) is 4. The summed E-state index contributed by atoms with van der Waals surface area (Å²) in [5.41, 5.74) is 10.4. The fraction of sp³-hybridized carbons (Fsp3) is 0.229. The first-order chi connectivity index (χ1) is 39.8. The molecule has 1 aliphatic rings. The molecule has 0 N–H and O–H groups in total. The summed E-state index contributed by atoms with van der Waals surface area (Å²) >= 11 is 0. The maximum Gasteiger partial charge on any atom is 0.135 e. The van der Waals surface area contributed by atoms with Gasteiger partial charge in [-0.1, -0.05) is 191 Å². The van der Waals surface area contributed by atoms with Gasteiger partial charge in [-0.25, -0.2) is 4.98 Å². The molecule has 0 spiro atoms. The molecule has 0 bridgehead atoms. The van der Waals surface area contributed by atoms with E-state index in [1.165, 1.54) is 0 Å². The Morgan fingerprint density at radius 1 is 0.487 bits per heavy atom. The van der Waals surface area contributed by atoms with Crippen molar-refractivity contribution in [3.05, 3.63) is 223 Å². The average Bonchev–Trinajstić information content (AvgIpc) is 1.42. The van der Waals surface area contributed by atoms with Gasteiger partial charge in [-0.2, -0.15) is 12.1 Å². The van der Waals surface area contributed by atoms with E-state index < -0.39 is 41.7 Å². The quantitative estimate of drug-likeness (QED) is 0.142. The first-order valence-electron chi connectivity index (χ1n) is 30.5. The Morgan fingerprint density at radius 3 is 1.70 bits per heavy atom. The summed E-state index contributed by atoms with van der Waals surface area (Å²) in [6.07, 6.45) is 1.79. The minimum atomic E-state index is -0.464. The van der Waals surface area contributed by atoms with Crippen molar-refractivity contribution < 1.29 is 39.5 Å². The maximum atomic E-state index is 9.47. The Bertz CT molecular complexity index is 4300. The number of para-hydroxylation sites is 2. The van der Waals surface area contributed by atoms with E-state index >= 15 is 0 Å². The Hall–Kier alpha value is -7.20. The first kappa shape index (κ1) is 41.0. The van der Waals surface area contributed by atoms with E-state index in [9.17, 15) is 2.74 Å². The smallest absolute Gasteiger partial charge is 0.135 e. The molecule has 76 heavy (non-hydrogen) atoms. The molecule has 5 nitrogen and oxygen atoms in total. The zero-order chi connectivity index (χ0) is 61.3. The van der Waals surface area contributed by atoms with E-state index in [0.29, 0.717) is 45.3 Å². The summed E-state index contributed by atoms with van der Waals surface area (Å²) in [5, 5.41) is 1.53. The van der Waals surface area contributed by atoms with Crippen molar-refractivity contribution in [2.45, 2.75) is 105 Å². The first-order valence-corrected chi connectivity index (χ1v) is 25.5. The van der Waals surface area contributed by atoms with Crippen LogP contribution < -0.4 is 14.5 Å². The largest absolute Gasteiger partial charge is 0.509 e. The van der Waals surface area contributed by atoms with Crippen LogP contribution in [0.4, 0.5) is 22.7 Å². The second-order valence-electron chi connectivity index (χ2n) is 23.6. The van der Waals surface area contributed by atoms with Crippen LogP contribution in [-0.4, -0.2) is 9.55 Å². The molecule has 2 aromatic heterocycles. The maximum absolute atomic E-state index is 9.47. The van der Waals surface area contributed by atoms with Gasteiger partial charge in [-0.15, -0.1) is 48.1 Å². The molecule has 0 saturated carbocycles. The van der Waals surface area contributed by atoms with Crippen molar-refractivity contribution in [2.24, 2.45) is 0 Å². The fourth-order valence-electron chi connectivity index (χ4n) is 9.79. The summed E-state index contributed by atoms with van der Waals surface area (Å²) in [6, 6.07) is 41.3. The molecule has 0 fully saturated rings. The normalized spacial score (nSPS) is 14.9. The summed E-state index contributed by atoms with van der Waals surface area (Å²) in [7, 11) is 0. The number of hydrogen-bond donors (Lipinski definition) is 0. The van der Waals surface area contributed by atoms with Gasteiger partial charge in [-0.3, -0.25) is 0 Å². The van der Waals surface area contributed by atoms with Crippen LogP contribution in [0.3, 0.4) is 0 Å². The molecule has 0 saturated heterocycles. The molecule has 0 amide bonds. The van der Waals surface area contributed by atoms with Crippen LogP contribution in [0.1, 0.15) is 119 Å². The number of nitrogens with zero attached hydrogens (tertiary/aromatic N) is 4. The van der Waals surface area contributed by atoms with E-state index in [4.69, 9.17) is 20.7 Å². The summed E-state index contributed by atoms with van der Waals surface area (Å²) < 4.78 is 96.9. The van der Waals surface area contributed by atoms with Crippen molar-refractivity contribution in [1.82, 2.24) is 9.55 Å². The van der Waals surface area contributed by atoms with E-state index in [1.54, 1.807) is 12.3 Å². The Balaban J connectivity index is 0.00000820. The standard InChI is InChI=1S/C70H67N4O.Pt/c1-67(2,3)50-34-35-71-65(42-50)74-61-33-30-48(46-22-15-13-16-23-46)38-60(61)57-32-31-56(44-64(57)74)75-55-27-21-26-54(43-55)72-45-73(63-29-20-19-28-62(63)72)66-58(47-24-17-14-18-25-47)40-53(70(10,11)12)41-59(66)49-36-51(68(4,5)6)39-52(37-49)69(7,8)9;/h13-42,45H,1-12H3;/q-3;/i13D,14D,15D,16D,17D,18D,22D,23D,24D,25D;. The van der Waals surface area contributed by atoms with Gasteiger partial charge in [0.2, 0.25) is 0 Å². The number of rotatable bonds is 8. The molecule has 10 aromatic rings. The average molecular weight is 1190 g/mol. The molecular weight excluding hydrogens is 1110 g/mol. The van der Waals surface area contributed by atoms with E-state index in [-0.39, 0.29) is 72.6 Å². The van der Waals surface area contributed by atoms with Crippen LogP contribution in [0.5, 0.6) is 11.5 Å². The van der Waals surface area contributed by atoms with Gasteiger partial charge in [0, 0.05) is 72.5 Å². The third kappa shape index (κ3) is 10.0. The van der Waals surface area contributed by atoms with Crippen molar-refractivity contribution in [3.8, 4) is 50.7 Å². The number of anilines is 4. The minimum absolute atomic E-state index is 0. The van der Waals surface area contributed by atoms with Gasteiger partial charge in [-0.05, 0) is 114 Å². The SMILES string of the molecule is [2H]c1c([2H])c([2H])c(-c2ccc3c(c2)c2ccc(Oc4[c-]c(N5[CH-]N(c6c(-c7cc(C(C)(C)C)cc(C(C)(C)C)c7)cc(C(C)(C)C)cc6-c6c([2H])c([2H])c([2H])c([2H])c6[2H])c6ccccc65)ccc4)[c-]c2n3-c2cc(C(C)(C)C)ccn2)c([2H])c1[2H].[Pt]. The van der Waals surface area contributed by atoms with Gasteiger partial charge in [0.25, 0.3) is 0 Å². The van der Waals surface area contributed by atoms with E-state index in [0.717, 1.165) is 61.0 Å². The van der Waals surface area contributed by atoms with E-state index in [1.807, 2.05) is 95.0 Å². The molecule has 0 aliphatic carbocycles. The zero-order valence-electron chi connectivity index (χ0n) is 55.1. The van der Waals surface area contributed by atoms with Crippen LogP contribution in [0, 0.1) is 18.8 Å². The van der Waals surface area contributed by atoms with Crippen LogP contribution >= 0.6 is 0 Å². The molecule has 0 unspecified atom stereocenters. The Labute approximate surface area is 479 Å². The minimum Gasteiger partial charge on any atom is -0.509 e. The molecular formula is C70H67N4OPt-3. The molecule has 8 aromatic carbocycles. The third-order valence-electron chi connectivity index (χ3n) is 14.1. The monoisotopic (exact) mass is 1180 g/mol. The number of fused-ring (bicyclic) bond motifs is 4. The van der Waals surface area contributed by atoms with Gasteiger partial charge < -0.3 is 19.1 Å². The topological polar surface area (TPSA) is 33.5 Å². The molecule has 386 valence electrons. The molecule has 0 atom stereocenters. The number of ether oxygens (including phenoxy) is 1. The second kappa shape index (κ2) is 19.7. The number of aromatic nitrogens is 2. The van der Waals surface area contributed by atoms with Crippen LogP contribution in [0.15, 0.2) is 182 Å².